The molecule has 1 aromatic heterocycles. The maximum atomic E-state index is 11.3. The first-order chi connectivity index (χ1) is 10.2. The third kappa shape index (κ3) is 5.08. The van der Waals surface area contributed by atoms with E-state index in [1.807, 2.05) is 24.3 Å². The van der Waals surface area contributed by atoms with Crippen molar-refractivity contribution in [1.29, 1.82) is 0 Å². The molecule has 0 bridgehead atoms. The van der Waals surface area contributed by atoms with Gasteiger partial charge in [-0.2, -0.15) is 0 Å². The minimum absolute atomic E-state index is 0.108. The lowest BCUT2D eigenvalue weighted by molar-refractivity contribution is 0.101. The van der Waals surface area contributed by atoms with E-state index in [2.05, 4.69) is 22.4 Å². The van der Waals surface area contributed by atoms with Gasteiger partial charge in [-0.1, -0.05) is 30.3 Å². The standard InChI is InChI=1S/C17H21NO2S/c1-14(19)16-7-5-15(6-8-16)12-18(9-10-20-2)13-17-4-3-11-21-17/h3-8,11H,9-10,12-13H2,1-2H3. The number of methoxy groups -OCH3 is 1. The Morgan fingerprint density at radius 1 is 1.19 bits per heavy atom. The minimum Gasteiger partial charge on any atom is -0.383 e. The minimum atomic E-state index is 0.108. The Morgan fingerprint density at radius 2 is 1.95 bits per heavy atom. The van der Waals surface area contributed by atoms with Crippen LogP contribution in [0.25, 0.3) is 0 Å². The highest BCUT2D eigenvalue weighted by molar-refractivity contribution is 7.09. The van der Waals surface area contributed by atoms with Crippen LogP contribution >= 0.6 is 11.3 Å². The molecule has 0 saturated carbocycles. The normalized spacial score (nSPS) is 11.0. The van der Waals surface area contributed by atoms with E-state index in [9.17, 15) is 4.79 Å². The number of hydrogen-bond donors (Lipinski definition) is 0. The van der Waals surface area contributed by atoms with E-state index in [4.69, 9.17) is 4.74 Å². The van der Waals surface area contributed by atoms with Crippen LogP contribution in [-0.4, -0.2) is 30.9 Å². The predicted octanol–water partition coefficient (Wildman–Crippen LogP) is 3.60. The van der Waals surface area contributed by atoms with Gasteiger partial charge in [-0.25, -0.2) is 0 Å². The zero-order valence-corrected chi connectivity index (χ0v) is 13.4. The molecule has 0 aliphatic carbocycles. The van der Waals surface area contributed by atoms with Crippen LogP contribution < -0.4 is 0 Å². The molecule has 0 radical (unpaired) electrons. The molecule has 1 aromatic carbocycles. The molecular formula is C17H21NO2S. The lowest BCUT2D eigenvalue weighted by Crippen LogP contribution is -2.26. The van der Waals surface area contributed by atoms with Gasteiger partial charge in [0.15, 0.2) is 5.78 Å². The van der Waals surface area contributed by atoms with Gasteiger partial charge in [0.2, 0.25) is 0 Å². The molecule has 1 heterocycles. The fraction of sp³-hybridized carbons (Fsp3) is 0.353. The van der Waals surface area contributed by atoms with Crippen molar-refractivity contribution >= 4 is 17.1 Å². The topological polar surface area (TPSA) is 29.5 Å². The molecule has 2 rings (SSSR count). The molecule has 0 aliphatic heterocycles. The molecule has 0 amide bonds. The van der Waals surface area contributed by atoms with Crippen molar-refractivity contribution in [3.8, 4) is 0 Å². The van der Waals surface area contributed by atoms with Crippen molar-refractivity contribution in [3.63, 3.8) is 0 Å². The first-order valence-corrected chi connectivity index (χ1v) is 7.90. The lowest BCUT2D eigenvalue weighted by Gasteiger charge is -2.21. The fourth-order valence-electron chi connectivity index (χ4n) is 2.16. The van der Waals surface area contributed by atoms with E-state index in [-0.39, 0.29) is 5.78 Å². The third-order valence-corrected chi connectivity index (χ3v) is 4.20. The van der Waals surface area contributed by atoms with Gasteiger partial charge in [-0.15, -0.1) is 11.3 Å². The second-order valence-electron chi connectivity index (χ2n) is 5.04. The van der Waals surface area contributed by atoms with Gasteiger partial charge in [-0.05, 0) is 23.9 Å². The van der Waals surface area contributed by atoms with E-state index in [1.165, 1.54) is 10.4 Å². The zero-order chi connectivity index (χ0) is 15.1. The average molecular weight is 303 g/mol. The highest BCUT2D eigenvalue weighted by Gasteiger charge is 2.08. The Kier molecular flexibility index (Phi) is 6.11. The second kappa shape index (κ2) is 8.08. The van der Waals surface area contributed by atoms with Gasteiger partial charge in [-0.3, -0.25) is 9.69 Å². The van der Waals surface area contributed by atoms with Gasteiger partial charge in [0, 0.05) is 37.2 Å². The summed E-state index contributed by atoms with van der Waals surface area (Å²) in [6.45, 7) is 4.99. The van der Waals surface area contributed by atoms with E-state index < -0.39 is 0 Å². The number of nitrogens with zero attached hydrogens (tertiary/aromatic N) is 1. The van der Waals surface area contributed by atoms with Crippen LogP contribution in [0.4, 0.5) is 0 Å². The number of ether oxygens (including phenoxy) is 1. The smallest absolute Gasteiger partial charge is 0.159 e. The molecule has 0 aliphatic rings. The molecular weight excluding hydrogens is 282 g/mol. The van der Waals surface area contributed by atoms with Crippen LogP contribution in [0.1, 0.15) is 27.7 Å². The largest absolute Gasteiger partial charge is 0.383 e. The van der Waals surface area contributed by atoms with Crippen LogP contribution in [-0.2, 0) is 17.8 Å². The van der Waals surface area contributed by atoms with E-state index >= 15 is 0 Å². The first kappa shape index (κ1) is 15.9. The number of carbonyl (C=O) groups is 1. The molecule has 2 aromatic rings. The van der Waals surface area contributed by atoms with Crippen LogP contribution in [0, 0.1) is 0 Å². The summed E-state index contributed by atoms with van der Waals surface area (Å²) in [6.07, 6.45) is 0. The van der Waals surface area contributed by atoms with Crippen LogP contribution in [0.5, 0.6) is 0 Å². The second-order valence-corrected chi connectivity index (χ2v) is 6.07. The summed E-state index contributed by atoms with van der Waals surface area (Å²) < 4.78 is 5.20. The van der Waals surface area contributed by atoms with Gasteiger partial charge >= 0.3 is 0 Å². The third-order valence-electron chi connectivity index (χ3n) is 3.34. The van der Waals surface area contributed by atoms with E-state index in [1.54, 1.807) is 25.4 Å². The summed E-state index contributed by atoms with van der Waals surface area (Å²) >= 11 is 1.77. The first-order valence-electron chi connectivity index (χ1n) is 7.02. The van der Waals surface area contributed by atoms with Crippen LogP contribution in [0.2, 0.25) is 0 Å². The predicted molar refractivity (Wildman–Crippen MR) is 86.8 cm³/mol. The summed E-state index contributed by atoms with van der Waals surface area (Å²) in [5.41, 5.74) is 1.98. The Labute approximate surface area is 130 Å². The molecule has 0 atom stereocenters. The van der Waals surface area contributed by atoms with Gasteiger partial charge in [0.25, 0.3) is 0 Å². The molecule has 0 unspecified atom stereocenters. The summed E-state index contributed by atoms with van der Waals surface area (Å²) in [7, 11) is 1.73. The molecule has 21 heavy (non-hydrogen) atoms. The monoisotopic (exact) mass is 303 g/mol. The maximum absolute atomic E-state index is 11.3. The molecule has 0 fully saturated rings. The SMILES string of the molecule is COCCN(Cc1ccc(C(C)=O)cc1)Cc1cccs1. The van der Waals surface area contributed by atoms with Crippen molar-refractivity contribution in [1.82, 2.24) is 4.90 Å². The van der Waals surface area contributed by atoms with Crippen LogP contribution in [0.3, 0.4) is 0 Å². The van der Waals surface area contributed by atoms with Crippen LogP contribution in [0.15, 0.2) is 41.8 Å². The Balaban J connectivity index is 2.01. The van der Waals surface area contributed by atoms with Gasteiger partial charge < -0.3 is 4.74 Å². The van der Waals surface area contributed by atoms with Crippen molar-refractivity contribution in [3.05, 3.63) is 57.8 Å². The lowest BCUT2D eigenvalue weighted by atomic mass is 10.1. The molecule has 112 valence electrons. The molecule has 0 spiro atoms. The summed E-state index contributed by atoms with van der Waals surface area (Å²) in [5, 5.41) is 2.10. The zero-order valence-electron chi connectivity index (χ0n) is 12.5. The quantitative estimate of drug-likeness (QED) is 0.698. The number of ketones is 1. The maximum Gasteiger partial charge on any atom is 0.159 e. The molecule has 0 saturated heterocycles. The Bertz CT molecular complexity index is 549. The number of carbonyl (C=O) groups excluding carboxylic acids is 1. The number of benzene rings is 1. The van der Waals surface area contributed by atoms with Crippen molar-refractivity contribution in [2.24, 2.45) is 0 Å². The summed E-state index contributed by atoms with van der Waals surface area (Å²) in [6, 6.07) is 12.1. The van der Waals surface area contributed by atoms with Crippen molar-refractivity contribution in [2.75, 3.05) is 20.3 Å². The highest BCUT2D eigenvalue weighted by Crippen LogP contribution is 2.15. The molecule has 0 N–H and O–H groups in total. The van der Waals surface area contributed by atoms with Gasteiger partial charge in [0.1, 0.15) is 0 Å². The van der Waals surface area contributed by atoms with Crippen molar-refractivity contribution in [2.45, 2.75) is 20.0 Å². The Morgan fingerprint density at radius 3 is 2.52 bits per heavy atom. The highest BCUT2D eigenvalue weighted by atomic mass is 32.1. The number of hydrogen-bond acceptors (Lipinski definition) is 4. The summed E-state index contributed by atoms with van der Waals surface area (Å²) in [4.78, 5) is 15.0. The molecule has 4 heteroatoms. The van der Waals surface area contributed by atoms with Gasteiger partial charge in [0.05, 0.1) is 6.61 Å². The number of Topliss-reactive ketones (excluding diaryl/α,β-unsaturated/α-hetero) is 1. The summed E-state index contributed by atoms with van der Waals surface area (Å²) in [5.74, 6) is 0.108. The van der Waals surface area contributed by atoms with E-state index in [0.29, 0.717) is 0 Å². The average Bonchev–Trinajstić information content (AvgIpc) is 2.98. The Hall–Kier alpha value is -1.49. The van der Waals surface area contributed by atoms with E-state index in [0.717, 1.165) is 31.8 Å². The molecule has 3 nitrogen and oxygen atoms in total. The number of thiophene rings is 1. The van der Waals surface area contributed by atoms with Crippen molar-refractivity contribution < 1.29 is 9.53 Å². The number of rotatable bonds is 8. The fourth-order valence-corrected chi connectivity index (χ4v) is 2.91.